The first-order valence-electron chi connectivity index (χ1n) is 2.29. The average Bonchev–Trinajstić information content (AvgIpc) is 1.64. The molecule has 1 nitrogen and oxygen atoms in total. The third-order valence-electron chi connectivity index (χ3n) is 0.816. The quantitative estimate of drug-likeness (QED) is 0.459. The molecule has 0 saturated carbocycles. The molecule has 0 saturated heterocycles. The molecule has 0 bridgehead atoms. The fraction of sp³-hybridized carbons (Fsp3) is 0.167. The largest absolute Gasteiger partial charge is 0.228 e. The Labute approximate surface area is 47.2 Å². The first-order chi connectivity index (χ1) is 3.79. The molecule has 1 heterocycles. The summed E-state index contributed by atoms with van der Waals surface area (Å²) in [5, 5.41) is 0. The van der Waals surface area contributed by atoms with E-state index >= 15 is 0 Å². The second-order valence-corrected chi connectivity index (χ2v) is 1.55. The zero-order valence-electron chi connectivity index (χ0n) is 4.48. The maximum atomic E-state index is 12.0. The minimum absolute atomic E-state index is 0.443. The highest BCUT2D eigenvalue weighted by atomic mass is 19.1. The molecule has 0 aliphatic heterocycles. The summed E-state index contributed by atoms with van der Waals surface area (Å²) >= 11 is 0. The van der Waals surface area contributed by atoms with Crippen molar-refractivity contribution < 1.29 is 4.39 Å². The van der Waals surface area contributed by atoms with Gasteiger partial charge in [0.2, 0.25) is 5.95 Å². The summed E-state index contributed by atoms with van der Waals surface area (Å²) in [6.07, 6.45) is 1.32. The van der Waals surface area contributed by atoms with Gasteiger partial charge in [0.15, 0.2) is 0 Å². The number of hydrogen-bond donors (Lipinski definition) is 0. The monoisotopic (exact) mass is 110 g/mol. The maximum Gasteiger partial charge on any atom is 0.213 e. The van der Waals surface area contributed by atoms with Gasteiger partial charge in [0.1, 0.15) is 0 Å². The van der Waals surface area contributed by atoms with E-state index in [1.807, 2.05) is 0 Å². The topological polar surface area (TPSA) is 12.9 Å². The number of nitrogens with zero attached hydrogens (tertiary/aromatic N) is 1. The number of aromatic nitrogens is 1. The Kier molecular flexibility index (Phi) is 1.24. The van der Waals surface area contributed by atoms with Crippen LogP contribution >= 0.6 is 0 Å². The van der Waals surface area contributed by atoms with Crippen LogP contribution in [0.4, 0.5) is 4.39 Å². The van der Waals surface area contributed by atoms with E-state index in [-0.39, 0.29) is 0 Å². The van der Waals surface area contributed by atoms with Crippen LogP contribution in [0.25, 0.3) is 0 Å². The molecule has 0 fully saturated rings. The zero-order valence-corrected chi connectivity index (χ0v) is 4.48. The minimum Gasteiger partial charge on any atom is -0.228 e. The van der Waals surface area contributed by atoms with Crippen molar-refractivity contribution in [1.82, 2.24) is 4.98 Å². The second-order valence-electron chi connectivity index (χ2n) is 1.55. The van der Waals surface area contributed by atoms with Gasteiger partial charge in [-0.25, -0.2) is 4.98 Å². The van der Waals surface area contributed by atoms with E-state index in [1.165, 1.54) is 12.3 Å². The number of rotatable bonds is 0. The lowest BCUT2D eigenvalue weighted by Gasteiger charge is -1.85. The first-order valence-corrected chi connectivity index (χ1v) is 2.29. The lowest BCUT2D eigenvalue weighted by atomic mass is 10.3. The summed E-state index contributed by atoms with van der Waals surface area (Å²) in [6, 6.07) is 4.05. The lowest BCUT2D eigenvalue weighted by Crippen LogP contribution is -1.80. The van der Waals surface area contributed by atoms with E-state index < -0.39 is 5.95 Å². The van der Waals surface area contributed by atoms with Crippen LogP contribution in [0.5, 0.6) is 0 Å². The predicted molar refractivity (Wildman–Crippen MR) is 27.8 cm³/mol. The summed E-state index contributed by atoms with van der Waals surface area (Å²) in [7, 11) is 0. The molecule has 0 unspecified atom stereocenters. The normalized spacial score (nSPS) is 9.25. The maximum absolute atomic E-state index is 12.0. The second kappa shape index (κ2) is 1.90. The Morgan fingerprint density at radius 3 is 2.88 bits per heavy atom. The first kappa shape index (κ1) is 5.22. The Hall–Kier alpha value is -0.920. The molecule has 1 aromatic rings. The van der Waals surface area contributed by atoms with Gasteiger partial charge in [0.25, 0.3) is 0 Å². The molecule has 0 spiro atoms. The van der Waals surface area contributed by atoms with Crippen LogP contribution in [0.15, 0.2) is 12.3 Å². The smallest absolute Gasteiger partial charge is 0.213 e. The summed E-state index contributed by atoms with van der Waals surface area (Å²) in [6.45, 7) is 1.77. The van der Waals surface area contributed by atoms with Gasteiger partial charge < -0.3 is 0 Å². The molecule has 0 aliphatic rings. The summed E-state index contributed by atoms with van der Waals surface area (Å²) in [4.78, 5) is 3.32. The zero-order chi connectivity index (χ0) is 5.98. The van der Waals surface area contributed by atoms with Crippen LogP contribution in [0, 0.1) is 18.9 Å². The highest BCUT2D eigenvalue weighted by Gasteiger charge is 1.86. The van der Waals surface area contributed by atoms with E-state index in [0.29, 0.717) is 0 Å². The van der Waals surface area contributed by atoms with Crippen LogP contribution in [0.1, 0.15) is 5.56 Å². The Balaban J connectivity index is 3.08. The Morgan fingerprint density at radius 1 is 1.75 bits per heavy atom. The van der Waals surface area contributed by atoms with Gasteiger partial charge >= 0.3 is 0 Å². The van der Waals surface area contributed by atoms with E-state index in [4.69, 9.17) is 0 Å². The van der Waals surface area contributed by atoms with Gasteiger partial charge in [0, 0.05) is 12.3 Å². The molecular weight excluding hydrogens is 105 g/mol. The SMILES string of the molecule is Cc1[c]cnc(F)c1. The molecular formula is C6H5FN. The molecule has 0 N–H and O–H groups in total. The third-order valence-corrected chi connectivity index (χ3v) is 0.816. The standard InChI is InChI=1S/C6H5FN/c1-5-2-3-8-6(7)4-5/h3-4H,1H3. The van der Waals surface area contributed by atoms with E-state index in [2.05, 4.69) is 11.1 Å². The molecule has 0 atom stereocenters. The van der Waals surface area contributed by atoms with Crippen LogP contribution in [0.2, 0.25) is 0 Å². The summed E-state index contributed by atoms with van der Waals surface area (Å²) in [5.74, 6) is -0.443. The highest BCUT2D eigenvalue weighted by Crippen LogP contribution is 1.94. The van der Waals surface area contributed by atoms with E-state index in [0.717, 1.165) is 5.56 Å². The fourth-order valence-electron chi connectivity index (χ4n) is 0.453. The molecule has 0 aromatic carbocycles. The summed E-state index contributed by atoms with van der Waals surface area (Å²) in [5.41, 5.74) is 0.775. The highest BCUT2D eigenvalue weighted by molar-refractivity contribution is 5.05. The van der Waals surface area contributed by atoms with E-state index in [1.54, 1.807) is 6.92 Å². The van der Waals surface area contributed by atoms with E-state index in [9.17, 15) is 4.39 Å². The van der Waals surface area contributed by atoms with Gasteiger partial charge in [0.05, 0.1) is 0 Å². The number of pyridine rings is 1. The summed E-state index contributed by atoms with van der Waals surface area (Å²) < 4.78 is 12.0. The van der Waals surface area contributed by atoms with Crippen molar-refractivity contribution >= 4 is 0 Å². The van der Waals surface area contributed by atoms with Crippen LogP contribution in [0.3, 0.4) is 0 Å². The Bertz CT molecular complexity index is 168. The third kappa shape index (κ3) is 1.03. The molecule has 1 aromatic heterocycles. The van der Waals surface area contributed by atoms with Crippen LogP contribution in [-0.2, 0) is 0 Å². The Morgan fingerprint density at radius 2 is 2.50 bits per heavy atom. The van der Waals surface area contributed by atoms with Crippen LogP contribution < -0.4 is 0 Å². The molecule has 0 amide bonds. The van der Waals surface area contributed by atoms with Crippen molar-refractivity contribution in [2.75, 3.05) is 0 Å². The van der Waals surface area contributed by atoms with Gasteiger partial charge in [-0.05, 0) is 18.6 Å². The van der Waals surface area contributed by atoms with Crippen molar-refractivity contribution in [2.45, 2.75) is 6.92 Å². The van der Waals surface area contributed by atoms with Crippen molar-refractivity contribution in [2.24, 2.45) is 0 Å². The molecule has 0 aliphatic carbocycles. The van der Waals surface area contributed by atoms with Gasteiger partial charge in [-0.15, -0.1) is 0 Å². The number of hydrogen-bond acceptors (Lipinski definition) is 1. The van der Waals surface area contributed by atoms with Crippen molar-refractivity contribution in [3.05, 3.63) is 29.8 Å². The van der Waals surface area contributed by atoms with Crippen molar-refractivity contribution in [3.8, 4) is 0 Å². The molecule has 8 heavy (non-hydrogen) atoms. The van der Waals surface area contributed by atoms with Crippen molar-refractivity contribution in [1.29, 1.82) is 0 Å². The molecule has 2 heteroatoms. The molecule has 1 rings (SSSR count). The number of halogens is 1. The lowest BCUT2D eigenvalue weighted by molar-refractivity contribution is 0.582. The number of aryl methyl sites for hydroxylation is 1. The van der Waals surface area contributed by atoms with Gasteiger partial charge in [-0.2, -0.15) is 4.39 Å². The minimum atomic E-state index is -0.443. The van der Waals surface area contributed by atoms with Crippen molar-refractivity contribution in [3.63, 3.8) is 0 Å². The molecule has 41 valence electrons. The van der Waals surface area contributed by atoms with Crippen LogP contribution in [-0.4, -0.2) is 4.98 Å². The average molecular weight is 110 g/mol. The fourth-order valence-corrected chi connectivity index (χ4v) is 0.453. The predicted octanol–water partition coefficient (Wildman–Crippen LogP) is 1.33. The van der Waals surface area contributed by atoms with Gasteiger partial charge in [-0.1, -0.05) is 0 Å². The van der Waals surface area contributed by atoms with Gasteiger partial charge in [-0.3, -0.25) is 0 Å². The molecule has 1 radical (unpaired) electrons.